The molecule has 1 heterocycles. The lowest BCUT2D eigenvalue weighted by Gasteiger charge is -2.20. The van der Waals surface area contributed by atoms with Gasteiger partial charge in [0.2, 0.25) is 0 Å². The van der Waals surface area contributed by atoms with Crippen molar-refractivity contribution in [3.63, 3.8) is 0 Å². The summed E-state index contributed by atoms with van der Waals surface area (Å²) < 4.78 is 10.8. The number of hydrogen-bond donors (Lipinski definition) is 1. The Kier molecular flexibility index (Phi) is 15.6. The molecule has 1 unspecified atom stereocenters. The first-order valence-corrected chi connectivity index (χ1v) is 11.5. The van der Waals surface area contributed by atoms with Crippen LogP contribution in [0.25, 0.3) is 0 Å². The van der Waals surface area contributed by atoms with E-state index in [0.29, 0.717) is 0 Å². The van der Waals surface area contributed by atoms with Crippen molar-refractivity contribution >= 4 is 10.0 Å². The largest absolute Gasteiger partial charge is 0.398 e. The van der Waals surface area contributed by atoms with Crippen LogP contribution in [0.5, 0.6) is 0 Å². The molecule has 138 valence electrons. The lowest BCUT2D eigenvalue weighted by molar-refractivity contribution is 0.101. The van der Waals surface area contributed by atoms with Crippen molar-refractivity contribution in [2.24, 2.45) is 5.92 Å². The Labute approximate surface area is 147 Å². The van der Waals surface area contributed by atoms with Crippen LogP contribution >= 0.6 is 0 Å². The van der Waals surface area contributed by atoms with Gasteiger partial charge in [0.05, 0.1) is 0 Å². The van der Waals surface area contributed by atoms with Gasteiger partial charge >= 0.3 is 10.0 Å². The minimum atomic E-state index is -0.728. The Balaban J connectivity index is 1.75. The highest BCUT2D eigenvalue weighted by Crippen LogP contribution is 2.16. The molecule has 0 aliphatic carbocycles. The summed E-state index contributed by atoms with van der Waals surface area (Å²) in [6.45, 7) is 4.23. The lowest BCUT2D eigenvalue weighted by atomic mass is 9.97. The van der Waals surface area contributed by atoms with E-state index in [1.807, 2.05) is 0 Å². The number of rotatable bonds is 14. The average Bonchev–Trinajstić information content (AvgIpc) is 2.53. The maximum atomic E-state index is 5.48. The maximum absolute atomic E-state index is 5.48. The number of unbranched alkanes of at least 4 members (excludes halogenated alkanes) is 12. The fraction of sp³-hybridized carbons (Fsp3) is 1.00. The van der Waals surface area contributed by atoms with Crippen LogP contribution in [0.1, 0.15) is 103 Å². The third-order valence-corrected chi connectivity index (χ3v) is 5.78. The zero-order valence-electron chi connectivity index (χ0n) is 15.6. The van der Waals surface area contributed by atoms with Crippen molar-refractivity contribution in [1.82, 2.24) is 5.48 Å². The fourth-order valence-electron chi connectivity index (χ4n) is 3.37. The molecule has 23 heavy (non-hydrogen) atoms. The van der Waals surface area contributed by atoms with E-state index in [1.54, 1.807) is 0 Å². The zero-order valence-corrected chi connectivity index (χ0v) is 17.0. The van der Waals surface area contributed by atoms with Gasteiger partial charge in [-0.1, -0.05) is 90.4 Å². The van der Waals surface area contributed by atoms with Crippen molar-refractivity contribution in [1.29, 1.82) is 0 Å². The van der Waals surface area contributed by atoms with Crippen molar-refractivity contribution in [3.05, 3.63) is 0 Å². The third kappa shape index (κ3) is 14.2. The smallest absolute Gasteiger partial charge is 0.326 e. The Morgan fingerprint density at radius 2 is 1.39 bits per heavy atom. The minimum absolute atomic E-state index is 0.728. The van der Waals surface area contributed by atoms with Crippen LogP contribution in [-0.4, -0.2) is 23.2 Å². The maximum Gasteiger partial charge on any atom is 0.326 e. The Bertz CT molecular complexity index is 233. The van der Waals surface area contributed by atoms with E-state index in [1.165, 1.54) is 96.3 Å². The molecule has 0 bridgehead atoms. The SMILES string of the molecule is CCCCCCCCCCCCCCCC1CCO[SiH2]ONC1. The lowest BCUT2D eigenvalue weighted by Crippen LogP contribution is -2.30. The molecular weight excluding hydrogens is 302 g/mol. The molecular formula is C19H41NO2Si. The van der Waals surface area contributed by atoms with Crippen molar-refractivity contribution < 1.29 is 8.95 Å². The summed E-state index contributed by atoms with van der Waals surface area (Å²) in [5, 5.41) is 0. The van der Waals surface area contributed by atoms with Gasteiger partial charge < -0.3 is 8.95 Å². The van der Waals surface area contributed by atoms with Gasteiger partial charge in [-0.2, -0.15) is 0 Å². The Morgan fingerprint density at radius 1 is 0.826 bits per heavy atom. The molecule has 0 aromatic carbocycles. The summed E-state index contributed by atoms with van der Waals surface area (Å²) in [6.07, 6.45) is 21.2. The van der Waals surface area contributed by atoms with Gasteiger partial charge in [-0.05, 0) is 18.8 Å². The van der Waals surface area contributed by atoms with Crippen LogP contribution < -0.4 is 5.48 Å². The van der Waals surface area contributed by atoms with Crippen LogP contribution in [0.15, 0.2) is 0 Å². The summed E-state index contributed by atoms with van der Waals surface area (Å²) in [5.41, 5.74) is 3.07. The van der Waals surface area contributed by atoms with Gasteiger partial charge in [0.1, 0.15) is 0 Å². The van der Waals surface area contributed by atoms with Crippen LogP contribution in [0.2, 0.25) is 0 Å². The highest BCUT2D eigenvalue weighted by atomic mass is 28.3. The standard InChI is InChI=1S/C19H41NO2Si/c1-2-3-4-5-6-7-8-9-10-11-12-13-14-15-19-16-17-21-23-22-20-18-19/h19-20H,2-18,23H2,1H3. The first-order chi connectivity index (χ1) is 11.4. The summed E-state index contributed by atoms with van der Waals surface area (Å²) in [5.74, 6) is 0.747. The van der Waals surface area contributed by atoms with E-state index in [2.05, 4.69) is 12.4 Å². The van der Waals surface area contributed by atoms with Crippen LogP contribution in [0, 0.1) is 5.92 Å². The molecule has 0 spiro atoms. The average molecular weight is 344 g/mol. The molecule has 0 aromatic heterocycles. The van der Waals surface area contributed by atoms with Gasteiger partial charge in [-0.15, -0.1) is 0 Å². The predicted octanol–water partition coefficient (Wildman–Crippen LogP) is 5.02. The third-order valence-electron chi connectivity index (χ3n) is 5.00. The van der Waals surface area contributed by atoms with Crippen molar-refractivity contribution in [2.45, 2.75) is 103 Å². The van der Waals surface area contributed by atoms with Crippen LogP contribution in [0.3, 0.4) is 0 Å². The molecule has 0 amide bonds. The second-order valence-corrected chi connectivity index (χ2v) is 8.14. The molecule has 1 aliphatic rings. The van der Waals surface area contributed by atoms with E-state index in [4.69, 9.17) is 8.95 Å². The van der Waals surface area contributed by atoms with Gasteiger partial charge in [-0.25, -0.2) is 5.48 Å². The first-order valence-electron chi connectivity index (χ1n) is 10.4. The molecule has 1 atom stereocenters. The number of hydroxylamine groups is 1. The highest BCUT2D eigenvalue weighted by molar-refractivity contribution is 6.17. The summed E-state index contributed by atoms with van der Waals surface area (Å²) in [7, 11) is -0.728. The van der Waals surface area contributed by atoms with E-state index < -0.39 is 10.0 Å². The molecule has 3 nitrogen and oxygen atoms in total. The quantitative estimate of drug-likeness (QED) is 0.355. The summed E-state index contributed by atoms with van der Waals surface area (Å²) >= 11 is 0. The van der Waals surface area contributed by atoms with Gasteiger partial charge in [0.15, 0.2) is 0 Å². The second-order valence-electron chi connectivity index (χ2n) is 7.20. The van der Waals surface area contributed by atoms with Crippen molar-refractivity contribution in [2.75, 3.05) is 13.2 Å². The number of hydrogen-bond acceptors (Lipinski definition) is 3. The molecule has 0 aromatic rings. The molecule has 1 aliphatic heterocycles. The predicted molar refractivity (Wildman–Crippen MR) is 102 cm³/mol. The van der Waals surface area contributed by atoms with Crippen molar-refractivity contribution in [3.8, 4) is 0 Å². The highest BCUT2D eigenvalue weighted by Gasteiger charge is 2.10. The van der Waals surface area contributed by atoms with Gasteiger partial charge in [-0.3, -0.25) is 0 Å². The summed E-state index contributed by atoms with van der Waals surface area (Å²) in [6, 6.07) is 0. The Hall–Kier alpha value is 0.0969. The zero-order chi connectivity index (χ0) is 16.4. The molecule has 0 radical (unpaired) electrons. The molecule has 1 fully saturated rings. The van der Waals surface area contributed by atoms with Gasteiger partial charge in [0.25, 0.3) is 0 Å². The van der Waals surface area contributed by atoms with Crippen LogP contribution in [-0.2, 0) is 8.95 Å². The van der Waals surface area contributed by atoms with Crippen LogP contribution in [0.4, 0.5) is 0 Å². The molecule has 1 saturated heterocycles. The molecule has 1 rings (SSSR count). The number of nitrogens with one attached hydrogen (secondary N) is 1. The minimum Gasteiger partial charge on any atom is -0.398 e. The molecule has 1 N–H and O–H groups in total. The Morgan fingerprint density at radius 3 is 2.00 bits per heavy atom. The normalized spacial score (nSPS) is 20.5. The first kappa shape index (κ1) is 21.1. The van der Waals surface area contributed by atoms with Gasteiger partial charge in [0, 0.05) is 13.2 Å². The fourth-order valence-corrected chi connectivity index (χ4v) is 3.94. The van der Waals surface area contributed by atoms with E-state index in [9.17, 15) is 0 Å². The van der Waals surface area contributed by atoms with E-state index in [0.717, 1.165) is 19.1 Å². The molecule has 0 saturated carbocycles. The summed E-state index contributed by atoms with van der Waals surface area (Å²) in [4.78, 5) is 0. The second kappa shape index (κ2) is 16.9. The van der Waals surface area contributed by atoms with E-state index >= 15 is 0 Å². The van der Waals surface area contributed by atoms with E-state index in [-0.39, 0.29) is 0 Å². The monoisotopic (exact) mass is 343 g/mol. The molecule has 4 heteroatoms. The topological polar surface area (TPSA) is 30.5 Å².